The van der Waals surface area contributed by atoms with Gasteiger partial charge in [-0.3, -0.25) is 0 Å². The number of methoxy groups -OCH3 is 4. The zero-order valence-corrected chi connectivity index (χ0v) is 31.9. The Hall–Kier alpha value is -7.32. The van der Waals surface area contributed by atoms with Crippen LogP contribution in [0.15, 0.2) is 115 Å². The lowest BCUT2D eigenvalue weighted by Gasteiger charge is -2.19. The van der Waals surface area contributed by atoms with Crippen LogP contribution in [0, 0.1) is 0 Å². The van der Waals surface area contributed by atoms with E-state index in [9.17, 15) is 0 Å². The molecule has 2 N–H and O–H groups in total. The maximum Gasteiger partial charge on any atom is 0.119 e. The highest BCUT2D eigenvalue weighted by atomic mass is 16.5. The molecular formula is C49H38N4O4. The summed E-state index contributed by atoms with van der Waals surface area (Å²) in [5.41, 5.74) is 17.7. The Morgan fingerprint density at radius 3 is 1.32 bits per heavy atom. The molecule has 57 heavy (non-hydrogen) atoms. The first kappa shape index (κ1) is 34.2. The maximum atomic E-state index is 5.71. The Morgan fingerprint density at radius 1 is 0.439 bits per heavy atom. The maximum absolute atomic E-state index is 5.71. The van der Waals surface area contributed by atoms with Crippen molar-refractivity contribution in [3.8, 4) is 67.5 Å². The van der Waals surface area contributed by atoms with E-state index in [1.54, 1.807) is 28.4 Å². The summed E-state index contributed by atoms with van der Waals surface area (Å²) in [6, 6.07) is 39.4. The molecule has 0 radical (unpaired) electrons. The molecule has 0 saturated carbocycles. The fraction of sp³-hybridized carbons (Fsp3) is 0.102. The molecule has 0 spiro atoms. The van der Waals surface area contributed by atoms with Crippen LogP contribution in [-0.2, 0) is 6.42 Å². The lowest BCUT2D eigenvalue weighted by atomic mass is 9.85. The number of H-pyrrole nitrogens is 2. The highest BCUT2D eigenvalue weighted by Crippen LogP contribution is 2.46. The molecule has 3 aromatic heterocycles. The Labute approximate surface area is 329 Å². The molecule has 3 aliphatic rings. The monoisotopic (exact) mass is 746 g/mol. The Bertz CT molecular complexity index is 2950. The van der Waals surface area contributed by atoms with Gasteiger partial charge in [-0.25, -0.2) is 9.97 Å². The van der Waals surface area contributed by atoms with Crippen LogP contribution in [0.1, 0.15) is 28.3 Å². The summed E-state index contributed by atoms with van der Waals surface area (Å²) < 4.78 is 22.4. The first-order chi connectivity index (χ1) is 28.0. The number of nitrogens with one attached hydrogen (secondary N) is 2. The van der Waals surface area contributed by atoms with Crippen LogP contribution < -0.4 is 18.9 Å². The fourth-order valence-electron chi connectivity index (χ4n) is 8.24. The van der Waals surface area contributed by atoms with Crippen molar-refractivity contribution in [2.75, 3.05) is 28.4 Å². The average Bonchev–Trinajstić information content (AvgIpc) is 4.10. The summed E-state index contributed by atoms with van der Waals surface area (Å²) in [5.74, 6) is 3.18. The van der Waals surface area contributed by atoms with Gasteiger partial charge in [0.2, 0.25) is 0 Å². The second-order valence-electron chi connectivity index (χ2n) is 14.2. The van der Waals surface area contributed by atoms with Crippen molar-refractivity contribution in [2.45, 2.75) is 6.42 Å². The van der Waals surface area contributed by atoms with E-state index in [1.165, 1.54) is 5.56 Å². The zero-order chi connectivity index (χ0) is 38.6. The van der Waals surface area contributed by atoms with Gasteiger partial charge in [0.25, 0.3) is 0 Å². The average molecular weight is 747 g/mol. The fourth-order valence-corrected chi connectivity index (χ4v) is 8.24. The minimum Gasteiger partial charge on any atom is -0.497 e. The van der Waals surface area contributed by atoms with E-state index in [-0.39, 0.29) is 0 Å². The largest absolute Gasteiger partial charge is 0.497 e. The van der Waals surface area contributed by atoms with Crippen LogP contribution >= 0.6 is 0 Å². The first-order valence-electron chi connectivity index (χ1n) is 18.8. The van der Waals surface area contributed by atoms with Crippen LogP contribution in [0.4, 0.5) is 0 Å². The first-order valence-corrected chi connectivity index (χ1v) is 18.8. The Kier molecular flexibility index (Phi) is 8.25. The van der Waals surface area contributed by atoms with Crippen molar-refractivity contribution in [1.82, 2.24) is 19.9 Å². The second-order valence-corrected chi connectivity index (χ2v) is 14.2. The molecule has 8 nitrogen and oxygen atoms in total. The van der Waals surface area contributed by atoms with E-state index in [0.717, 1.165) is 124 Å². The van der Waals surface area contributed by atoms with Gasteiger partial charge in [-0.1, -0.05) is 42.5 Å². The second kappa shape index (κ2) is 13.8. The number of hydrogen-bond acceptors (Lipinski definition) is 6. The molecule has 1 aliphatic carbocycles. The Balaban J connectivity index is 1.37. The van der Waals surface area contributed by atoms with E-state index in [0.29, 0.717) is 0 Å². The summed E-state index contributed by atoms with van der Waals surface area (Å²) in [7, 11) is 6.76. The van der Waals surface area contributed by atoms with Gasteiger partial charge >= 0.3 is 0 Å². The molecule has 0 saturated heterocycles. The van der Waals surface area contributed by atoms with Crippen molar-refractivity contribution in [1.29, 1.82) is 0 Å². The molecular weight excluding hydrogens is 709 g/mol. The molecule has 0 unspecified atom stereocenters. The number of nitrogens with zero attached hydrogens (tertiary/aromatic N) is 2. The van der Waals surface area contributed by atoms with Gasteiger partial charge in [0.15, 0.2) is 0 Å². The number of aromatic nitrogens is 4. The SMILES string of the molecule is COc1ccc(-c2c3nc(c(-c4ccc(OC)cc4)c4ccc([nH]4)c4c5nc(c(-c6ccc(OC)cc6)c6ccc2[nH]6)C=C5Cc2cc(OC)ccc2-4)C=C3)cc1. The van der Waals surface area contributed by atoms with Gasteiger partial charge in [-0.15, -0.1) is 0 Å². The number of hydrogen-bond donors (Lipinski definition) is 2. The van der Waals surface area contributed by atoms with E-state index in [2.05, 4.69) is 101 Å². The molecule has 0 amide bonds. The van der Waals surface area contributed by atoms with Crippen molar-refractivity contribution in [2.24, 2.45) is 0 Å². The lowest BCUT2D eigenvalue weighted by molar-refractivity contribution is 0.414. The van der Waals surface area contributed by atoms with Crippen molar-refractivity contribution in [3.05, 3.63) is 144 Å². The van der Waals surface area contributed by atoms with Crippen LogP contribution in [0.3, 0.4) is 0 Å². The molecule has 5 heterocycles. The molecule has 2 aliphatic heterocycles. The predicted molar refractivity (Wildman–Crippen MR) is 229 cm³/mol. The Morgan fingerprint density at radius 2 is 0.860 bits per heavy atom. The third-order valence-electron chi connectivity index (χ3n) is 11.0. The number of rotatable bonds is 7. The summed E-state index contributed by atoms with van der Waals surface area (Å²) in [6.45, 7) is 0. The molecule has 278 valence electrons. The van der Waals surface area contributed by atoms with Crippen LogP contribution in [0.2, 0.25) is 0 Å². The molecule has 8 heteroatoms. The van der Waals surface area contributed by atoms with Crippen LogP contribution in [0.25, 0.3) is 90.4 Å². The van der Waals surface area contributed by atoms with E-state index in [4.69, 9.17) is 28.9 Å². The van der Waals surface area contributed by atoms with Crippen molar-refractivity contribution < 1.29 is 18.9 Å². The van der Waals surface area contributed by atoms with Crippen molar-refractivity contribution >= 4 is 45.9 Å². The normalized spacial score (nSPS) is 12.5. The highest BCUT2D eigenvalue weighted by Gasteiger charge is 2.27. The predicted octanol–water partition coefficient (Wildman–Crippen LogP) is 11.3. The minimum absolute atomic E-state index is 0.719. The molecule has 7 aromatic rings. The number of aromatic amines is 2. The molecule has 8 bridgehead atoms. The molecule has 10 rings (SSSR count). The summed E-state index contributed by atoms with van der Waals surface area (Å²) >= 11 is 0. The highest BCUT2D eigenvalue weighted by molar-refractivity contribution is 6.04. The third-order valence-corrected chi connectivity index (χ3v) is 11.0. The number of benzene rings is 4. The quantitative estimate of drug-likeness (QED) is 0.169. The topological polar surface area (TPSA) is 94.3 Å². The molecule has 0 fully saturated rings. The van der Waals surface area contributed by atoms with Crippen LogP contribution in [-0.4, -0.2) is 48.4 Å². The zero-order valence-electron chi connectivity index (χ0n) is 31.9. The summed E-state index contributed by atoms with van der Waals surface area (Å²) in [4.78, 5) is 18.6. The van der Waals surface area contributed by atoms with E-state index >= 15 is 0 Å². The summed E-state index contributed by atoms with van der Waals surface area (Å²) in [5, 5.41) is 0. The van der Waals surface area contributed by atoms with E-state index < -0.39 is 0 Å². The lowest BCUT2D eigenvalue weighted by Crippen LogP contribution is -2.03. The summed E-state index contributed by atoms with van der Waals surface area (Å²) in [6.07, 6.45) is 7.17. The van der Waals surface area contributed by atoms with Crippen LogP contribution in [0.5, 0.6) is 23.0 Å². The van der Waals surface area contributed by atoms with E-state index in [1.807, 2.05) is 42.5 Å². The number of fused-ring (bicyclic) bond motifs is 10. The number of allylic oxidation sites excluding steroid dienone is 1. The molecule has 0 atom stereocenters. The van der Waals surface area contributed by atoms with Gasteiger partial charge in [-0.05, 0) is 124 Å². The third kappa shape index (κ3) is 5.85. The number of ether oxygens (including phenoxy) is 4. The van der Waals surface area contributed by atoms with Crippen molar-refractivity contribution in [3.63, 3.8) is 0 Å². The van der Waals surface area contributed by atoms with Gasteiger partial charge in [0.1, 0.15) is 23.0 Å². The van der Waals surface area contributed by atoms with Gasteiger partial charge in [0, 0.05) is 50.7 Å². The van der Waals surface area contributed by atoms with Gasteiger partial charge in [-0.2, -0.15) is 0 Å². The van der Waals surface area contributed by atoms with Gasteiger partial charge < -0.3 is 28.9 Å². The molecule has 4 aromatic carbocycles. The minimum atomic E-state index is 0.719. The standard InChI is InChI=1S/C49H38N4O4/c1-54-33-11-5-28(6-12-33)45-38-19-20-39(50-38)46(29-7-13-34(55-2)14-8-29)41-23-24-43(52-41)48-37-18-17-36(57-4)26-31(37)25-32-27-44(53-49(32)48)47(42-22-21-40(45)51-42)30-9-15-35(56-3)16-10-30/h5-24,26-27,51-52H,25H2,1-4H3. The van der Waals surface area contributed by atoms with Gasteiger partial charge in [0.05, 0.1) is 51.2 Å². The smallest absolute Gasteiger partial charge is 0.119 e.